The van der Waals surface area contributed by atoms with Crippen LogP contribution in [0, 0.1) is 0 Å². The minimum absolute atomic E-state index is 0.0927. The molecule has 2 heteroatoms. The highest BCUT2D eigenvalue weighted by Gasteiger charge is 2.40. The number of benzene rings is 1. The van der Waals surface area contributed by atoms with Crippen LogP contribution >= 0.6 is 0 Å². The first-order valence-electron chi connectivity index (χ1n) is 5.27. The van der Waals surface area contributed by atoms with E-state index in [0.29, 0.717) is 5.92 Å². The Hall–Kier alpha value is -1.41. The van der Waals surface area contributed by atoms with Gasteiger partial charge in [-0.1, -0.05) is 36.4 Å². The van der Waals surface area contributed by atoms with Crippen molar-refractivity contribution in [2.24, 2.45) is 0 Å². The van der Waals surface area contributed by atoms with Gasteiger partial charge in [0.1, 0.15) is 6.10 Å². The van der Waals surface area contributed by atoms with Gasteiger partial charge < -0.3 is 4.74 Å². The maximum absolute atomic E-state index is 11.4. The van der Waals surface area contributed by atoms with Crippen molar-refractivity contribution >= 4 is 5.78 Å². The molecule has 0 saturated carbocycles. The minimum atomic E-state index is -0.204. The zero-order valence-electron chi connectivity index (χ0n) is 8.30. The smallest absolute Gasteiger partial charge is 0.184 e. The van der Waals surface area contributed by atoms with E-state index in [1.54, 1.807) is 6.08 Å². The molecule has 2 heterocycles. The number of fused-ring (bicyclic) bond motifs is 2. The number of rotatable bonds is 1. The number of hydrogen-bond acceptors (Lipinski definition) is 2. The second-order valence-electron chi connectivity index (χ2n) is 4.10. The van der Waals surface area contributed by atoms with Crippen molar-refractivity contribution in [1.29, 1.82) is 0 Å². The quantitative estimate of drug-likeness (QED) is 0.693. The normalized spacial score (nSPS) is 33.3. The van der Waals surface area contributed by atoms with Gasteiger partial charge in [0.05, 0.1) is 6.10 Å². The van der Waals surface area contributed by atoms with Crippen molar-refractivity contribution in [1.82, 2.24) is 0 Å². The lowest BCUT2D eigenvalue weighted by molar-refractivity contribution is -0.125. The highest BCUT2D eigenvalue weighted by Crippen LogP contribution is 2.38. The Morgan fingerprint density at radius 2 is 2.00 bits per heavy atom. The van der Waals surface area contributed by atoms with Gasteiger partial charge >= 0.3 is 0 Å². The fourth-order valence-electron chi connectivity index (χ4n) is 2.39. The maximum atomic E-state index is 11.4. The van der Waals surface area contributed by atoms with Crippen LogP contribution < -0.4 is 0 Å². The third-order valence-corrected chi connectivity index (χ3v) is 3.18. The van der Waals surface area contributed by atoms with Gasteiger partial charge in [0.15, 0.2) is 5.78 Å². The zero-order chi connectivity index (χ0) is 10.3. The number of ketones is 1. The first-order valence-corrected chi connectivity index (χ1v) is 5.27. The van der Waals surface area contributed by atoms with Gasteiger partial charge in [-0.15, -0.1) is 0 Å². The Labute approximate surface area is 88.6 Å². The molecule has 0 unspecified atom stereocenters. The molecular weight excluding hydrogens is 188 g/mol. The molecule has 1 aromatic rings. The molecule has 2 nitrogen and oxygen atoms in total. The van der Waals surface area contributed by atoms with Crippen LogP contribution in [0.1, 0.15) is 17.9 Å². The Bertz CT molecular complexity index is 408. The molecule has 1 fully saturated rings. The molecule has 0 amide bonds. The van der Waals surface area contributed by atoms with E-state index >= 15 is 0 Å². The molecule has 3 rings (SSSR count). The summed E-state index contributed by atoms with van der Waals surface area (Å²) in [5.41, 5.74) is 1.27. The molecule has 0 N–H and O–H groups in total. The predicted molar refractivity (Wildman–Crippen MR) is 56.6 cm³/mol. The van der Waals surface area contributed by atoms with Gasteiger partial charge in [0.25, 0.3) is 0 Å². The minimum Gasteiger partial charge on any atom is -0.362 e. The predicted octanol–water partition coefficient (Wildman–Crippen LogP) is 2.07. The molecule has 2 aliphatic heterocycles. The number of hydrogen-bond donors (Lipinski definition) is 0. The first-order chi connectivity index (χ1) is 7.34. The van der Waals surface area contributed by atoms with Crippen LogP contribution in [-0.4, -0.2) is 18.0 Å². The van der Waals surface area contributed by atoms with Crippen molar-refractivity contribution in [3.63, 3.8) is 0 Å². The van der Waals surface area contributed by atoms with Crippen LogP contribution in [0.5, 0.6) is 0 Å². The summed E-state index contributed by atoms with van der Waals surface area (Å²) in [6, 6.07) is 10.3. The van der Waals surface area contributed by atoms with Crippen LogP contribution in [0.2, 0.25) is 0 Å². The molecular formula is C13H12O2. The van der Waals surface area contributed by atoms with E-state index in [0.717, 1.165) is 6.42 Å². The van der Waals surface area contributed by atoms with E-state index in [2.05, 4.69) is 12.1 Å². The van der Waals surface area contributed by atoms with Crippen LogP contribution in [0.4, 0.5) is 0 Å². The van der Waals surface area contributed by atoms with E-state index in [1.807, 2.05) is 24.3 Å². The summed E-state index contributed by atoms with van der Waals surface area (Å²) in [4.78, 5) is 11.4. The molecule has 0 radical (unpaired) electrons. The summed E-state index contributed by atoms with van der Waals surface area (Å²) >= 11 is 0. The molecule has 76 valence electrons. The largest absolute Gasteiger partial charge is 0.362 e. The number of ether oxygens (including phenoxy) is 1. The molecule has 2 aliphatic rings. The fraction of sp³-hybridized carbons (Fsp3) is 0.308. The number of carbonyl (C=O) groups is 1. The highest BCUT2D eigenvalue weighted by molar-refractivity contribution is 5.95. The van der Waals surface area contributed by atoms with Gasteiger partial charge in [-0.2, -0.15) is 0 Å². The molecule has 2 bridgehead atoms. The summed E-state index contributed by atoms with van der Waals surface area (Å²) in [6.07, 6.45) is 4.27. The summed E-state index contributed by atoms with van der Waals surface area (Å²) in [5, 5.41) is 0. The lowest BCUT2D eigenvalue weighted by Crippen LogP contribution is -2.22. The van der Waals surface area contributed by atoms with E-state index in [1.165, 1.54) is 5.56 Å². The highest BCUT2D eigenvalue weighted by atomic mass is 16.5. The summed E-state index contributed by atoms with van der Waals surface area (Å²) in [5.74, 6) is 0.462. The van der Waals surface area contributed by atoms with E-state index in [9.17, 15) is 4.79 Å². The average Bonchev–Trinajstić information content (AvgIpc) is 2.65. The molecule has 1 aromatic carbocycles. The summed E-state index contributed by atoms with van der Waals surface area (Å²) in [7, 11) is 0. The van der Waals surface area contributed by atoms with Gasteiger partial charge in [0, 0.05) is 5.92 Å². The van der Waals surface area contributed by atoms with E-state index < -0.39 is 0 Å². The zero-order valence-corrected chi connectivity index (χ0v) is 8.30. The average molecular weight is 200 g/mol. The summed E-state index contributed by atoms with van der Waals surface area (Å²) < 4.78 is 5.64. The van der Waals surface area contributed by atoms with Crippen molar-refractivity contribution < 1.29 is 9.53 Å². The van der Waals surface area contributed by atoms with Crippen LogP contribution in [0.15, 0.2) is 42.5 Å². The van der Waals surface area contributed by atoms with Gasteiger partial charge in [-0.3, -0.25) is 4.79 Å². The molecule has 3 atom stereocenters. The standard InChI is InChI=1S/C13H12O2/c14-11-6-7-12-10(8-13(11)15-12)9-4-2-1-3-5-9/h1-7,10,12-13H,8H2/t10-,12+,13+/m1/s1. The Kier molecular flexibility index (Phi) is 1.96. The van der Waals surface area contributed by atoms with E-state index in [4.69, 9.17) is 4.74 Å². The Balaban J connectivity index is 1.92. The van der Waals surface area contributed by atoms with Crippen LogP contribution in [-0.2, 0) is 9.53 Å². The molecule has 15 heavy (non-hydrogen) atoms. The summed E-state index contributed by atoms with van der Waals surface area (Å²) in [6.45, 7) is 0. The van der Waals surface area contributed by atoms with Crippen LogP contribution in [0.3, 0.4) is 0 Å². The lowest BCUT2D eigenvalue weighted by atomic mass is 9.92. The van der Waals surface area contributed by atoms with Crippen molar-refractivity contribution in [2.45, 2.75) is 24.5 Å². The Morgan fingerprint density at radius 3 is 2.73 bits per heavy atom. The monoisotopic (exact) mass is 200 g/mol. The second-order valence-corrected chi connectivity index (χ2v) is 4.10. The lowest BCUT2D eigenvalue weighted by Gasteiger charge is -2.16. The topological polar surface area (TPSA) is 26.3 Å². The van der Waals surface area contributed by atoms with E-state index in [-0.39, 0.29) is 18.0 Å². The van der Waals surface area contributed by atoms with Crippen molar-refractivity contribution in [3.8, 4) is 0 Å². The second kappa shape index (κ2) is 3.31. The van der Waals surface area contributed by atoms with Crippen LogP contribution in [0.25, 0.3) is 0 Å². The molecule has 0 aromatic heterocycles. The third kappa shape index (κ3) is 1.41. The fourth-order valence-corrected chi connectivity index (χ4v) is 2.39. The van der Waals surface area contributed by atoms with Gasteiger partial charge in [-0.25, -0.2) is 0 Å². The Morgan fingerprint density at radius 1 is 1.20 bits per heavy atom. The maximum Gasteiger partial charge on any atom is 0.184 e. The first kappa shape index (κ1) is 8.86. The molecule has 0 spiro atoms. The van der Waals surface area contributed by atoms with Crippen molar-refractivity contribution in [3.05, 3.63) is 48.0 Å². The molecule has 1 saturated heterocycles. The third-order valence-electron chi connectivity index (χ3n) is 3.18. The van der Waals surface area contributed by atoms with Gasteiger partial charge in [-0.05, 0) is 18.1 Å². The van der Waals surface area contributed by atoms with Crippen molar-refractivity contribution in [2.75, 3.05) is 0 Å². The van der Waals surface area contributed by atoms with Gasteiger partial charge in [0.2, 0.25) is 0 Å². The molecule has 0 aliphatic carbocycles. The SMILES string of the molecule is O=C1C=C[C@@H]2O[C@H]1C[C@@H]2c1ccccc1. The number of carbonyl (C=O) groups excluding carboxylic acids is 1.